The maximum atomic E-state index is 11.0. The highest BCUT2D eigenvalue weighted by Crippen LogP contribution is 2.25. The Hall–Kier alpha value is -0.493. The zero-order valence-corrected chi connectivity index (χ0v) is 11.2. The summed E-state index contributed by atoms with van der Waals surface area (Å²) in [4.78, 5) is 11.0. The first-order valence-corrected chi connectivity index (χ1v) is 7.45. The van der Waals surface area contributed by atoms with Crippen molar-refractivity contribution in [2.75, 3.05) is 21.3 Å². The molecule has 0 amide bonds. The lowest BCUT2D eigenvalue weighted by Gasteiger charge is -2.26. The molecule has 1 atom stereocenters. The quantitative estimate of drug-likeness (QED) is 0.668. The summed E-state index contributed by atoms with van der Waals surface area (Å²) >= 11 is 0. The fourth-order valence-electron chi connectivity index (χ4n) is 1.91. The molecule has 16 heavy (non-hydrogen) atoms. The molecule has 0 heterocycles. The molecule has 0 saturated heterocycles. The highest BCUT2D eigenvalue weighted by Gasteiger charge is 2.37. The average Bonchev–Trinajstić information content (AvgIpc) is 2.34. The summed E-state index contributed by atoms with van der Waals surface area (Å²) in [5, 5.41) is 0. The summed E-state index contributed by atoms with van der Waals surface area (Å²) in [6, 6.07) is 0.791. The summed E-state index contributed by atoms with van der Waals surface area (Å²) in [5.74, 6) is 0.676. The van der Waals surface area contributed by atoms with Crippen molar-refractivity contribution in [2.24, 2.45) is 5.92 Å². The summed E-state index contributed by atoms with van der Waals surface area (Å²) in [6.07, 6.45) is 6.21. The van der Waals surface area contributed by atoms with Crippen LogP contribution >= 0.6 is 0 Å². The average molecular weight is 244 g/mol. The molecule has 4 nitrogen and oxygen atoms in total. The lowest BCUT2D eigenvalue weighted by molar-refractivity contribution is -0.115. The summed E-state index contributed by atoms with van der Waals surface area (Å²) in [5.41, 5.74) is 0. The van der Waals surface area contributed by atoms with E-state index in [2.05, 4.69) is 0 Å². The van der Waals surface area contributed by atoms with Gasteiger partial charge in [0.05, 0.1) is 0 Å². The second-order valence-electron chi connectivity index (χ2n) is 3.96. The number of allylic oxidation sites excluding steroid dienone is 2. The van der Waals surface area contributed by atoms with E-state index in [4.69, 9.17) is 13.3 Å². The summed E-state index contributed by atoms with van der Waals surface area (Å²) in [7, 11) is 2.44. The van der Waals surface area contributed by atoms with Crippen LogP contribution in [0.25, 0.3) is 0 Å². The molecule has 0 aromatic carbocycles. The van der Waals surface area contributed by atoms with Crippen molar-refractivity contribution in [3.8, 4) is 0 Å². The topological polar surface area (TPSA) is 44.8 Å². The van der Waals surface area contributed by atoms with Crippen molar-refractivity contribution >= 4 is 14.6 Å². The van der Waals surface area contributed by atoms with E-state index in [1.54, 1.807) is 27.4 Å². The Morgan fingerprint density at radius 3 is 2.38 bits per heavy atom. The predicted octanol–water partition coefficient (Wildman–Crippen LogP) is 1.79. The monoisotopic (exact) mass is 244 g/mol. The molecule has 1 rings (SSSR count). The van der Waals surface area contributed by atoms with E-state index >= 15 is 0 Å². The van der Waals surface area contributed by atoms with Crippen LogP contribution in [0.15, 0.2) is 12.2 Å². The van der Waals surface area contributed by atoms with Gasteiger partial charge in [-0.2, -0.15) is 0 Å². The number of rotatable bonds is 6. The SMILES string of the molecule is CO[Si](CCC1C=CC(=O)CC1)(OC)OC. The molecular weight excluding hydrogens is 224 g/mol. The van der Waals surface area contributed by atoms with Gasteiger partial charge in [0.15, 0.2) is 5.78 Å². The first-order valence-electron chi connectivity index (χ1n) is 5.52. The molecular formula is C11H20O4Si. The highest BCUT2D eigenvalue weighted by atomic mass is 28.4. The molecule has 1 aliphatic carbocycles. The van der Waals surface area contributed by atoms with Crippen LogP contribution in [0, 0.1) is 5.92 Å². The van der Waals surface area contributed by atoms with Gasteiger partial charge in [0.25, 0.3) is 0 Å². The van der Waals surface area contributed by atoms with Crippen LogP contribution in [0.3, 0.4) is 0 Å². The molecule has 92 valence electrons. The number of ketones is 1. The molecule has 0 aliphatic heterocycles. The molecule has 0 bridgehead atoms. The maximum Gasteiger partial charge on any atom is 0.500 e. The van der Waals surface area contributed by atoms with Gasteiger partial charge in [-0.1, -0.05) is 6.08 Å². The smallest absolute Gasteiger partial charge is 0.377 e. The Balaban J connectivity index is 2.43. The Kier molecular flexibility index (Phi) is 5.34. The Bertz CT molecular complexity index is 252. The normalized spacial score (nSPS) is 21.4. The molecule has 0 radical (unpaired) electrons. The van der Waals surface area contributed by atoms with Gasteiger partial charge in [0.2, 0.25) is 0 Å². The number of carbonyl (C=O) groups excluding carboxylic acids is 1. The van der Waals surface area contributed by atoms with Crippen LogP contribution in [0.4, 0.5) is 0 Å². The second kappa shape index (κ2) is 6.29. The molecule has 0 fully saturated rings. The maximum absolute atomic E-state index is 11.0. The molecule has 0 saturated carbocycles. The van der Waals surface area contributed by atoms with Crippen LogP contribution in [-0.2, 0) is 18.1 Å². The molecule has 1 aliphatic rings. The van der Waals surface area contributed by atoms with Crippen LogP contribution in [0.2, 0.25) is 6.04 Å². The second-order valence-corrected chi connectivity index (χ2v) is 7.05. The van der Waals surface area contributed by atoms with Gasteiger partial charge in [-0.15, -0.1) is 0 Å². The van der Waals surface area contributed by atoms with Gasteiger partial charge in [-0.05, 0) is 24.8 Å². The predicted molar refractivity (Wildman–Crippen MR) is 63.1 cm³/mol. The number of hydrogen-bond acceptors (Lipinski definition) is 4. The van der Waals surface area contributed by atoms with Gasteiger partial charge in [0, 0.05) is 33.8 Å². The highest BCUT2D eigenvalue weighted by molar-refractivity contribution is 6.60. The van der Waals surface area contributed by atoms with Crippen molar-refractivity contribution in [1.29, 1.82) is 0 Å². The fourth-order valence-corrected chi connectivity index (χ4v) is 3.75. The summed E-state index contributed by atoms with van der Waals surface area (Å²) in [6.45, 7) is 0. The number of carbonyl (C=O) groups is 1. The van der Waals surface area contributed by atoms with Crippen LogP contribution in [0.1, 0.15) is 19.3 Å². The molecule has 5 heteroatoms. The lowest BCUT2D eigenvalue weighted by atomic mass is 9.93. The van der Waals surface area contributed by atoms with Gasteiger partial charge < -0.3 is 13.3 Å². The molecule has 1 unspecified atom stereocenters. The van der Waals surface area contributed by atoms with Crippen LogP contribution < -0.4 is 0 Å². The fraction of sp³-hybridized carbons (Fsp3) is 0.727. The van der Waals surface area contributed by atoms with E-state index < -0.39 is 8.80 Å². The summed E-state index contributed by atoms with van der Waals surface area (Å²) < 4.78 is 16.1. The minimum absolute atomic E-state index is 0.227. The lowest BCUT2D eigenvalue weighted by Crippen LogP contribution is -2.43. The zero-order valence-electron chi connectivity index (χ0n) is 10.2. The molecule has 0 aromatic heterocycles. The Morgan fingerprint density at radius 1 is 1.31 bits per heavy atom. The van der Waals surface area contributed by atoms with Crippen molar-refractivity contribution in [3.63, 3.8) is 0 Å². The van der Waals surface area contributed by atoms with E-state index in [9.17, 15) is 4.79 Å². The van der Waals surface area contributed by atoms with Gasteiger partial charge in [-0.3, -0.25) is 4.79 Å². The van der Waals surface area contributed by atoms with E-state index in [0.717, 1.165) is 18.9 Å². The first-order chi connectivity index (χ1) is 7.65. The van der Waals surface area contributed by atoms with Crippen molar-refractivity contribution in [1.82, 2.24) is 0 Å². The minimum atomic E-state index is -2.44. The largest absolute Gasteiger partial charge is 0.500 e. The minimum Gasteiger partial charge on any atom is -0.377 e. The molecule has 0 N–H and O–H groups in total. The van der Waals surface area contributed by atoms with Crippen LogP contribution in [0.5, 0.6) is 0 Å². The van der Waals surface area contributed by atoms with Gasteiger partial charge >= 0.3 is 8.80 Å². The van der Waals surface area contributed by atoms with E-state index in [1.165, 1.54) is 0 Å². The third-order valence-corrected chi connectivity index (χ3v) is 5.84. The number of hydrogen-bond donors (Lipinski definition) is 0. The van der Waals surface area contributed by atoms with E-state index in [-0.39, 0.29) is 5.78 Å². The van der Waals surface area contributed by atoms with Crippen molar-refractivity contribution < 1.29 is 18.1 Å². The molecule has 0 aromatic rings. The zero-order chi connectivity index (χ0) is 12.0. The Labute approximate surface area is 97.9 Å². The molecule has 0 spiro atoms. The first kappa shape index (κ1) is 13.6. The van der Waals surface area contributed by atoms with Crippen LogP contribution in [-0.4, -0.2) is 35.9 Å². The van der Waals surface area contributed by atoms with Gasteiger partial charge in [-0.25, -0.2) is 0 Å². The third-order valence-electron chi connectivity index (χ3n) is 3.07. The van der Waals surface area contributed by atoms with Crippen molar-refractivity contribution in [2.45, 2.75) is 25.3 Å². The Morgan fingerprint density at radius 2 is 1.94 bits per heavy atom. The van der Waals surface area contributed by atoms with Crippen molar-refractivity contribution in [3.05, 3.63) is 12.2 Å². The van der Waals surface area contributed by atoms with E-state index in [1.807, 2.05) is 6.08 Å². The third kappa shape index (κ3) is 3.52. The standard InChI is InChI=1S/C11H20O4Si/c1-13-16(14-2,15-3)9-8-10-4-6-11(12)7-5-10/h4,6,10H,5,7-9H2,1-3H3. The van der Waals surface area contributed by atoms with Gasteiger partial charge in [0.1, 0.15) is 0 Å². The van der Waals surface area contributed by atoms with E-state index in [0.29, 0.717) is 12.3 Å².